The van der Waals surface area contributed by atoms with Crippen molar-refractivity contribution in [2.45, 2.75) is 31.7 Å². The number of hydrogen-bond donors (Lipinski definition) is 1. The monoisotopic (exact) mass is 368 g/mol. The highest BCUT2D eigenvalue weighted by molar-refractivity contribution is 5.64. The first-order chi connectivity index (χ1) is 12.2. The fourth-order valence-corrected chi connectivity index (χ4v) is 3.22. The molecule has 1 fully saturated rings. The van der Waals surface area contributed by atoms with Crippen LogP contribution in [-0.4, -0.2) is 47.4 Å². The number of likely N-dealkylation sites (N-methyl/N-ethyl adjacent to an activating group) is 1. The molecular weight excluding hydrogens is 348 g/mol. The Kier molecular flexibility index (Phi) is 5.13. The Morgan fingerprint density at radius 3 is 2.38 bits per heavy atom. The van der Waals surface area contributed by atoms with Crippen molar-refractivity contribution in [2.75, 3.05) is 25.5 Å². The zero-order valence-corrected chi connectivity index (χ0v) is 14.5. The highest BCUT2D eigenvalue weighted by Gasteiger charge is 2.30. The molecule has 0 unspecified atom stereocenters. The summed E-state index contributed by atoms with van der Waals surface area (Å²) in [4.78, 5) is 1.92. The number of piperidine rings is 1. The molecule has 4 nitrogen and oxygen atoms in total. The molecule has 3 rings (SSSR count). The Labute approximate surface area is 149 Å². The van der Waals surface area contributed by atoms with Gasteiger partial charge in [-0.3, -0.25) is 0 Å². The second-order valence-corrected chi connectivity index (χ2v) is 6.73. The lowest BCUT2D eigenvalue weighted by atomic mass is 10.0. The van der Waals surface area contributed by atoms with E-state index in [1.807, 2.05) is 18.9 Å². The summed E-state index contributed by atoms with van der Waals surface area (Å²) in [6.45, 7) is 2.95. The topological polar surface area (TPSA) is 41.0 Å². The summed E-state index contributed by atoms with van der Waals surface area (Å²) in [6, 6.07) is 6.55. The molecule has 0 amide bonds. The highest BCUT2D eigenvalue weighted by Crippen LogP contribution is 2.31. The van der Waals surface area contributed by atoms with Crippen molar-refractivity contribution in [2.24, 2.45) is 0 Å². The fourth-order valence-electron chi connectivity index (χ4n) is 3.22. The predicted molar refractivity (Wildman–Crippen MR) is 91.6 cm³/mol. The number of anilines is 1. The molecular formula is C18H20F4N4. The van der Waals surface area contributed by atoms with Crippen LogP contribution in [0.4, 0.5) is 23.4 Å². The molecule has 140 valence electrons. The van der Waals surface area contributed by atoms with Gasteiger partial charge >= 0.3 is 6.18 Å². The van der Waals surface area contributed by atoms with Gasteiger partial charge < -0.3 is 10.2 Å². The van der Waals surface area contributed by atoms with Gasteiger partial charge in [0.15, 0.2) is 0 Å². The Morgan fingerprint density at radius 2 is 1.81 bits per heavy atom. The van der Waals surface area contributed by atoms with Crippen LogP contribution in [0.25, 0.3) is 11.3 Å². The number of aromatic nitrogens is 2. The number of nitrogens with one attached hydrogen (secondary N) is 1. The average molecular weight is 368 g/mol. The summed E-state index contributed by atoms with van der Waals surface area (Å²) < 4.78 is 51.7. The van der Waals surface area contributed by atoms with E-state index in [2.05, 4.69) is 15.5 Å². The van der Waals surface area contributed by atoms with Crippen LogP contribution in [0.1, 0.15) is 17.5 Å². The van der Waals surface area contributed by atoms with E-state index in [1.54, 1.807) is 6.07 Å². The van der Waals surface area contributed by atoms with E-state index in [4.69, 9.17) is 0 Å². The first-order valence-electron chi connectivity index (χ1n) is 8.33. The van der Waals surface area contributed by atoms with Crippen LogP contribution < -0.4 is 5.32 Å². The van der Waals surface area contributed by atoms with Gasteiger partial charge in [-0.1, -0.05) is 12.1 Å². The maximum absolute atomic E-state index is 13.7. The van der Waals surface area contributed by atoms with E-state index in [1.165, 1.54) is 12.1 Å². The largest absolute Gasteiger partial charge is 0.416 e. The van der Waals surface area contributed by atoms with Gasteiger partial charge in [0.2, 0.25) is 0 Å². The van der Waals surface area contributed by atoms with Gasteiger partial charge in [0, 0.05) is 31.1 Å². The van der Waals surface area contributed by atoms with Crippen molar-refractivity contribution in [3.63, 3.8) is 0 Å². The molecule has 0 spiro atoms. The van der Waals surface area contributed by atoms with E-state index in [-0.39, 0.29) is 6.04 Å². The number of hydrogen-bond acceptors (Lipinski definition) is 4. The molecule has 2 atom stereocenters. The maximum Gasteiger partial charge on any atom is 0.416 e. The van der Waals surface area contributed by atoms with Crippen LogP contribution in [-0.2, 0) is 6.18 Å². The van der Waals surface area contributed by atoms with Gasteiger partial charge in [-0.15, -0.1) is 10.2 Å². The molecule has 0 bridgehead atoms. The Morgan fingerprint density at radius 1 is 1.12 bits per heavy atom. The molecule has 1 aromatic carbocycles. The fraction of sp³-hybridized carbons (Fsp3) is 0.444. The third kappa shape index (κ3) is 4.30. The zero-order chi connectivity index (χ0) is 18.9. The normalized spacial score (nSPS) is 21.6. The summed E-state index contributed by atoms with van der Waals surface area (Å²) in [5.74, 6) is 0.533. The third-order valence-electron chi connectivity index (χ3n) is 4.40. The van der Waals surface area contributed by atoms with Gasteiger partial charge in [-0.05, 0) is 37.7 Å². The van der Waals surface area contributed by atoms with Crippen LogP contribution in [0.5, 0.6) is 0 Å². The number of nitrogens with zero attached hydrogens (tertiary/aromatic N) is 3. The average Bonchev–Trinajstić information content (AvgIpc) is 2.53. The van der Waals surface area contributed by atoms with Gasteiger partial charge in [-0.25, -0.2) is 4.39 Å². The second kappa shape index (κ2) is 7.19. The molecule has 2 heterocycles. The molecule has 1 aliphatic heterocycles. The van der Waals surface area contributed by atoms with Crippen molar-refractivity contribution in [1.82, 2.24) is 15.1 Å². The Hall–Kier alpha value is -2.22. The van der Waals surface area contributed by atoms with Crippen LogP contribution >= 0.6 is 0 Å². The van der Waals surface area contributed by atoms with E-state index >= 15 is 0 Å². The lowest BCUT2D eigenvalue weighted by Gasteiger charge is -2.32. The molecule has 0 saturated carbocycles. The molecule has 1 aromatic heterocycles. The number of rotatable bonds is 3. The van der Waals surface area contributed by atoms with Crippen molar-refractivity contribution in [3.8, 4) is 11.3 Å². The third-order valence-corrected chi connectivity index (χ3v) is 4.40. The van der Waals surface area contributed by atoms with Crippen LogP contribution in [0.3, 0.4) is 0 Å². The SMILES string of the molecule is Cc1cc(N[C@@H]2C[C@H](F)CN(C)C2)nnc1-c1ccc(C(F)(F)F)cc1. The van der Waals surface area contributed by atoms with Gasteiger partial charge in [-0.2, -0.15) is 13.2 Å². The number of likely N-dealkylation sites (tertiary alicyclic amines) is 1. The molecule has 26 heavy (non-hydrogen) atoms. The summed E-state index contributed by atoms with van der Waals surface area (Å²) in [5.41, 5.74) is 1.17. The highest BCUT2D eigenvalue weighted by atomic mass is 19.4. The van der Waals surface area contributed by atoms with E-state index in [0.717, 1.165) is 17.7 Å². The molecule has 1 aliphatic rings. The minimum absolute atomic E-state index is 0.0608. The molecule has 8 heteroatoms. The minimum atomic E-state index is -4.37. The molecule has 1 saturated heterocycles. The smallest absolute Gasteiger partial charge is 0.364 e. The number of halogens is 4. The lowest BCUT2D eigenvalue weighted by Crippen LogP contribution is -2.45. The first kappa shape index (κ1) is 18.6. The van der Waals surface area contributed by atoms with Crippen molar-refractivity contribution < 1.29 is 17.6 Å². The quantitative estimate of drug-likeness (QED) is 0.834. The van der Waals surface area contributed by atoms with Gasteiger partial charge in [0.1, 0.15) is 12.0 Å². The standard InChI is InChI=1S/C18H20F4N4/c1-11-7-16(23-15-8-14(19)9-26(2)10-15)24-25-17(11)12-3-5-13(6-4-12)18(20,21)22/h3-7,14-15H,8-10H2,1-2H3,(H,23,24)/t14-,15+/m0/s1. The molecule has 1 N–H and O–H groups in total. The first-order valence-corrected chi connectivity index (χ1v) is 8.33. The zero-order valence-electron chi connectivity index (χ0n) is 14.5. The van der Waals surface area contributed by atoms with E-state index in [9.17, 15) is 17.6 Å². The lowest BCUT2D eigenvalue weighted by molar-refractivity contribution is -0.137. The van der Waals surface area contributed by atoms with Crippen molar-refractivity contribution >= 4 is 5.82 Å². The van der Waals surface area contributed by atoms with Crippen LogP contribution in [0, 0.1) is 6.92 Å². The number of alkyl halides is 4. The minimum Gasteiger partial charge on any atom is -0.364 e. The number of aryl methyl sites for hydroxylation is 1. The van der Waals surface area contributed by atoms with Crippen LogP contribution in [0.2, 0.25) is 0 Å². The van der Waals surface area contributed by atoms with Crippen molar-refractivity contribution in [3.05, 3.63) is 41.5 Å². The predicted octanol–water partition coefficient (Wildman–Crippen LogP) is 3.92. The number of benzene rings is 1. The van der Waals surface area contributed by atoms with E-state index in [0.29, 0.717) is 36.6 Å². The summed E-state index contributed by atoms with van der Waals surface area (Å²) in [5, 5.41) is 11.4. The Bertz CT molecular complexity index is 751. The second-order valence-electron chi connectivity index (χ2n) is 6.73. The summed E-state index contributed by atoms with van der Waals surface area (Å²) in [7, 11) is 1.87. The molecule has 2 aromatic rings. The summed E-state index contributed by atoms with van der Waals surface area (Å²) >= 11 is 0. The molecule has 0 aliphatic carbocycles. The van der Waals surface area contributed by atoms with Crippen LogP contribution in [0.15, 0.2) is 30.3 Å². The van der Waals surface area contributed by atoms with Gasteiger partial charge in [0.25, 0.3) is 0 Å². The van der Waals surface area contributed by atoms with E-state index < -0.39 is 17.9 Å². The Balaban J connectivity index is 1.75. The molecule has 0 radical (unpaired) electrons. The maximum atomic E-state index is 13.7. The summed E-state index contributed by atoms with van der Waals surface area (Å²) in [6.07, 6.45) is -4.84. The van der Waals surface area contributed by atoms with Crippen molar-refractivity contribution in [1.29, 1.82) is 0 Å². The van der Waals surface area contributed by atoms with Gasteiger partial charge in [0.05, 0.1) is 11.3 Å².